The van der Waals surface area contributed by atoms with Crippen LogP contribution in [0, 0.1) is 0 Å². The highest BCUT2D eigenvalue weighted by Crippen LogP contribution is 2.29. The lowest BCUT2D eigenvalue weighted by Gasteiger charge is -2.42. The first-order chi connectivity index (χ1) is 18.4. The Kier molecular flexibility index (Phi) is 8.30. The first-order valence-electron chi connectivity index (χ1n) is 14.1. The highest BCUT2D eigenvalue weighted by atomic mass is 16.5. The molecule has 0 radical (unpaired) electrons. The minimum atomic E-state index is -0.626. The molecule has 1 saturated carbocycles. The zero-order valence-corrected chi connectivity index (χ0v) is 22.7. The molecule has 206 valence electrons. The average Bonchev–Trinajstić information content (AvgIpc) is 3.33. The number of hydrogen-bond acceptors (Lipinski definition) is 9. The smallest absolute Gasteiger partial charge is 0.271 e. The second kappa shape index (κ2) is 11.8. The number of amides is 1. The number of ether oxygens (including phenoxy) is 1. The third-order valence-corrected chi connectivity index (χ3v) is 8.28. The number of anilines is 3. The summed E-state index contributed by atoms with van der Waals surface area (Å²) in [5.41, 5.74) is 14.6. The molecule has 3 fully saturated rings. The number of carbonyl (C=O) groups excluding carboxylic acids is 1. The minimum absolute atomic E-state index is 0.0205. The Morgan fingerprint density at radius 3 is 2.34 bits per heavy atom. The molecule has 10 nitrogen and oxygen atoms in total. The molecule has 1 amide bonds. The molecule has 3 aliphatic rings. The number of nitrogens with zero attached hydrogens (tertiary/aromatic N) is 5. The largest absolute Gasteiger partial charge is 0.471 e. The predicted molar refractivity (Wildman–Crippen MR) is 150 cm³/mol. The molecule has 0 unspecified atom stereocenters. The van der Waals surface area contributed by atoms with Gasteiger partial charge in [-0.1, -0.05) is 6.92 Å². The van der Waals surface area contributed by atoms with Gasteiger partial charge in [0.1, 0.15) is 11.8 Å². The third kappa shape index (κ3) is 6.03. The van der Waals surface area contributed by atoms with E-state index in [1.165, 1.54) is 44.7 Å². The monoisotopic (exact) mass is 522 g/mol. The van der Waals surface area contributed by atoms with Crippen LogP contribution in [0.1, 0.15) is 55.2 Å². The minimum Gasteiger partial charge on any atom is -0.471 e. The van der Waals surface area contributed by atoms with Crippen molar-refractivity contribution < 1.29 is 9.53 Å². The number of rotatable bonds is 8. The molecule has 0 bridgehead atoms. The molecule has 2 aromatic rings. The van der Waals surface area contributed by atoms with Gasteiger partial charge in [0.2, 0.25) is 5.88 Å². The van der Waals surface area contributed by atoms with Crippen molar-refractivity contribution in [3.63, 3.8) is 0 Å². The summed E-state index contributed by atoms with van der Waals surface area (Å²) in [5.74, 6) is 0.0952. The van der Waals surface area contributed by atoms with Crippen LogP contribution in [0.3, 0.4) is 0 Å². The Hall–Kier alpha value is -2.95. The van der Waals surface area contributed by atoms with Crippen molar-refractivity contribution in [2.75, 3.05) is 56.5 Å². The van der Waals surface area contributed by atoms with Gasteiger partial charge in [0.15, 0.2) is 11.5 Å². The molecular formula is C28H42N8O2. The number of nitrogens with one attached hydrogen (secondary N) is 1. The lowest BCUT2D eigenvalue weighted by molar-refractivity contribution is 0.0982. The number of benzene rings is 1. The van der Waals surface area contributed by atoms with E-state index >= 15 is 0 Å². The van der Waals surface area contributed by atoms with Crippen LogP contribution in [0.25, 0.3) is 0 Å². The summed E-state index contributed by atoms with van der Waals surface area (Å²) in [6.45, 7) is 8.76. The maximum Gasteiger partial charge on any atom is 0.271 e. The van der Waals surface area contributed by atoms with Crippen LogP contribution >= 0.6 is 0 Å². The van der Waals surface area contributed by atoms with E-state index in [9.17, 15) is 4.79 Å². The van der Waals surface area contributed by atoms with E-state index in [1.54, 1.807) is 0 Å². The van der Waals surface area contributed by atoms with Gasteiger partial charge in [-0.15, -0.1) is 0 Å². The second-order valence-electron chi connectivity index (χ2n) is 10.9. The molecule has 5 N–H and O–H groups in total. The van der Waals surface area contributed by atoms with Crippen LogP contribution in [0.2, 0.25) is 0 Å². The molecule has 2 atom stereocenters. The van der Waals surface area contributed by atoms with E-state index in [-0.39, 0.29) is 17.8 Å². The standard InChI is InChI=1S/C28H42N8O2/c1-3-23-28(38-24-6-4-5-22(24)29)33-27(25(32-23)26(30)37)31-19-7-9-20(10-8-19)35-13-11-21(12-14-35)36-17-15-34(2)16-18-36/h7-10,21-22,24H,3-6,11-18,29H2,1-2H3,(H2,30,37)(H,31,33)/t22-,24-/m1/s1. The van der Waals surface area contributed by atoms with Crippen LogP contribution in [0.5, 0.6) is 5.88 Å². The quantitative estimate of drug-likeness (QED) is 0.479. The molecule has 5 rings (SSSR count). The number of nitrogens with two attached hydrogens (primary N) is 2. The fraction of sp³-hybridized carbons (Fsp3) is 0.607. The van der Waals surface area contributed by atoms with Gasteiger partial charge in [0, 0.05) is 62.7 Å². The topological polar surface area (TPSA) is 126 Å². The van der Waals surface area contributed by atoms with Gasteiger partial charge in [0.05, 0.1) is 0 Å². The second-order valence-corrected chi connectivity index (χ2v) is 10.9. The number of aromatic nitrogens is 2. The number of hydrogen-bond donors (Lipinski definition) is 3. The fourth-order valence-corrected chi connectivity index (χ4v) is 5.85. The fourth-order valence-electron chi connectivity index (χ4n) is 5.85. The molecule has 38 heavy (non-hydrogen) atoms. The zero-order valence-electron chi connectivity index (χ0n) is 22.7. The molecule has 1 aromatic heterocycles. The van der Waals surface area contributed by atoms with Crippen molar-refractivity contribution in [3.8, 4) is 5.88 Å². The summed E-state index contributed by atoms with van der Waals surface area (Å²) >= 11 is 0. The Labute approximate surface area is 225 Å². The van der Waals surface area contributed by atoms with Gasteiger partial charge in [-0.2, -0.15) is 4.98 Å². The van der Waals surface area contributed by atoms with E-state index in [2.05, 4.69) is 49.2 Å². The van der Waals surface area contributed by atoms with E-state index in [0.717, 1.165) is 38.0 Å². The van der Waals surface area contributed by atoms with Crippen LogP contribution in [-0.2, 0) is 6.42 Å². The maximum absolute atomic E-state index is 12.2. The van der Waals surface area contributed by atoms with Gasteiger partial charge < -0.3 is 31.3 Å². The van der Waals surface area contributed by atoms with E-state index in [1.807, 2.05) is 19.1 Å². The third-order valence-electron chi connectivity index (χ3n) is 8.28. The molecule has 1 aromatic carbocycles. The van der Waals surface area contributed by atoms with Crippen molar-refractivity contribution in [3.05, 3.63) is 35.7 Å². The van der Waals surface area contributed by atoms with Gasteiger partial charge in [-0.3, -0.25) is 9.69 Å². The first kappa shape index (κ1) is 26.6. The highest BCUT2D eigenvalue weighted by molar-refractivity contribution is 5.96. The lowest BCUT2D eigenvalue weighted by Crippen LogP contribution is -2.52. The summed E-state index contributed by atoms with van der Waals surface area (Å²) in [6, 6.07) is 8.92. The van der Waals surface area contributed by atoms with E-state index < -0.39 is 5.91 Å². The van der Waals surface area contributed by atoms with Crippen molar-refractivity contribution in [2.45, 2.75) is 63.6 Å². The normalized spacial score (nSPS) is 23.5. The zero-order chi connectivity index (χ0) is 26.6. The van der Waals surface area contributed by atoms with Crippen molar-refractivity contribution >= 4 is 23.1 Å². The van der Waals surface area contributed by atoms with Gasteiger partial charge in [-0.05, 0) is 69.8 Å². The summed E-state index contributed by atoms with van der Waals surface area (Å²) < 4.78 is 6.18. The summed E-state index contributed by atoms with van der Waals surface area (Å²) in [7, 11) is 2.21. The summed E-state index contributed by atoms with van der Waals surface area (Å²) in [6.07, 6.45) is 5.72. The predicted octanol–water partition coefficient (Wildman–Crippen LogP) is 2.36. The number of likely N-dealkylation sites (N-methyl/N-ethyl adjacent to an activating group) is 1. The number of piperazine rings is 1. The maximum atomic E-state index is 12.2. The molecule has 10 heteroatoms. The Morgan fingerprint density at radius 2 is 1.74 bits per heavy atom. The molecular weight excluding hydrogens is 480 g/mol. The molecule has 0 spiro atoms. The van der Waals surface area contributed by atoms with E-state index in [0.29, 0.717) is 29.9 Å². The SMILES string of the molecule is CCc1nc(C(N)=O)c(Nc2ccc(N3CCC(N4CCN(C)CC4)CC3)cc2)nc1O[C@@H]1CCC[C@H]1N. The van der Waals surface area contributed by atoms with Crippen LogP contribution in [-0.4, -0.2) is 90.2 Å². The van der Waals surface area contributed by atoms with E-state index in [4.69, 9.17) is 16.2 Å². The number of piperidine rings is 1. The van der Waals surface area contributed by atoms with Gasteiger partial charge in [-0.25, -0.2) is 4.98 Å². The Morgan fingerprint density at radius 1 is 1.03 bits per heavy atom. The van der Waals surface area contributed by atoms with Crippen LogP contribution in [0.4, 0.5) is 17.2 Å². The first-order valence-corrected chi connectivity index (χ1v) is 14.1. The molecule has 2 aliphatic heterocycles. The number of carbonyl (C=O) groups is 1. The van der Waals surface area contributed by atoms with Crippen molar-refractivity contribution in [1.82, 2.24) is 19.8 Å². The number of primary amides is 1. The average molecular weight is 523 g/mol. The molecule has 3 heterocycles. The summed E-state index contributed by atoms with van der Waals surface area (Å²) in [4.78, 5) is 28.9. The van der Waals surface area contributed by atoms with Crippen LogP contribution < -0.4 is 26.4 Å². The molecule has 2 saturated heterocycles. The van der Waals surface area contributed by atoms with Crippen molar-refractivity contribution in [2.24, 2.45) is 11.5 Å². The van der Waals surface area contributed by atoms with Crippen LogP contribution in [0.15, 0.2) is 24.3 Å². The van der Waals surface area contributed by atoms with Gasteiger partial charge in [0.25, 0.3) is 5.91 Å². The molecule has 1 aliphatic carbocycles. The number of aryl methyl sites for hydroxylation is 1. The Balaban J connectivity index is 1.25. The highest BCUT2D eigenvalue weighted by Gasteiger charge is 2.29. The lowest BCUT2D eigenvalue weighted by atomic mass is 10.0. The Bertz CT molecular complexity index is 1090. The van der Waals surface area contributed by atoms with Gasteiger partial charge >= 0.3 is 0 Å². The van der Waals surface area contributed by atoms with Crippen molar-refractivity contribution in [1.29, 1.82) is 0 Å². The summed E-state index contributed by atoms with van der Waals surface area (Å²) in [5, 5.41) is 3.25.